The van der Waals surface area contributed by atoms with Gasteiger partial charge in [-0.15, -0.1) is 0 Å². The van der Waals surface area contributed by atoms with E-state index in [4.69, 9.17) is 0 Å². The number of rotatable bonds is 6. The third-order valence-electron chi connectivity index (χ3n) is 3.35. The second-order valence-electron chi connectivity index (χ2n) is 4.74. The van der Waals surface area contributed by atoms with E-state index >= 15 is 0 Å². The Bertz CT molecular complexity index is 613. The van der Waals surface area contributed by atoms with Crippen LogP contribution in [0.2, 0.25) is 0 Å². The molecule has 3 nitrogen and oxygen atoms in total. The fourth-order valence-electron chi connectivity index (χ4n) is 2.39. The highest BCUT2D eigenvalue weighted by molar-refractivity contribution is 9.10. The molecule has 0 saturated heterocycles. The topological polar surface area (TPSA) is 29.9 Å². The van der Waals surface area contributed by atoms with Crippen molar-refractivity contribution in [1.82, 2.24) is 15.1 Å². The van der Waals surface area contributed by atoms with Gasteiger partial charge < -0.3 is 5.32 Å². The lowest BCUT2D eigenvalue weighted by Crippen LogP contribution is -2.26. The average Bonchev–Trinajstić information content (AvgIpc) is 2.82. The molecule has 0 aliphatic carbocycles. The van der Waals surface area contributed by atoms with E-state index in [1.165, 1.54) is 12.1 Å². The van der Waals surface area contributed by atoms with Gasteiger partial charge in [-0.1, -0.05) is 13.0 Å². The zero-order valence-electron chi connectivity index (χ0n) is 12.0. The minimum absolute atomic E-state index is 0.0909. The molecule has 0 aliphatic heterocycles. The summed E-state index contributed by atoms with van der Waals surface area (Å²) >= 11 is 3.49. The molecule has 1 atom stereocenters. The number of nitrogens with zero attached hydrogens (tertiary/aromatic N) is 2. The number of halogens is 3. The number of aromatic nitrogens is 2. The molecule has 1 N–H and O–H groups in total. The SMILES string of the molecule is CCNC(Cc1ccc(F)cc1F)c1c(Br)cnn1CC. The molecule has 0 bridgehead atoms. The van der Waals surface area contributed by atoms with Crippen LogP contribution in [0.1, 0.15) is 31.1 Å². The van der Waals surface area contributed by atoms with Gasteiger partial charge in [0.2, 0.25) is 0 Å². The summed E-state index contributed by atoms with van der Waals surface area (Å²) in [5.41, 5.74) is 1.46. The summed E-state index contributed by atoms with van der Waals surface area (Å²) in [6.45, 7) is 5.47. The van der Waals surface area contributed by atoms with E-state index in [0.717, 1.165) is 29.3 Å². The van der Waals surface area contributed by atoms with Crippen LogP contribution >= 0.6 is 15.9 Å². The first kappa shape index (κ1) is 16.1. The largest absolute Gasteiger partial charge is 0.309 e. The number of hydrogen-bond acceptors (Lipinski definition) is 2. The van der Waals surface area contributed by atoms with Crippen molar-refractivity contribution in [3.63, 3.8) is 0 Å². The third kappa shape index (κ3) is 3.68. The van der Waals surface area contributed by atoms with Crippen molar-refractivity contribution < 1.29 is 8.78 Å². The van der Waals surface area contributed by atoms with Crippen LogP contribution in [0.5, 0.6) is 0 Å². The van der Waals surface area contributed by atoms with E-state index in [-0.39, 0.29) is 6.04 Å². The maximum atomic E-state index is 13.9. The van der Waals surface area contributed by atoms with Crippen molar-refractivity contribution in [2.75, 3.05) is 6.54 Å². The van der Waals surface area contributed by atoms with E-state index in [0.29, 0.717) is 12.0 Å². The Labute approximate surface area is 131 Å². The maximum absolute atomic E-state index is 13.9. The van der Waals surface area contributed by atoms with Gasteiger partial charge in [0.1, 0.15) is 11.6 Å². The zero-order valence-corrected chi connectivity index (χ0v) is 13.6. The zero-order chi connectivity index (χ0) is 15.4. The van der Waals surface area contributed by atoms with Gasteiger partial charge >= 0.3 is 0 Å². The monoisotopic (exact) mass is 357 g/mol. The summed E-state index contributed by atoms with van der Waals surface area (Å²) in [4.78, 5) is 0. The van der Waals surface area contributed by atoms with Gasteiger partial charge in [-0.2, -0.15) is 5.10 Å². The predicted octanol–water partition coefficient (Wildman–Crippen LogP) is 3.84. The highest BCUT2D eigenvalue weighted by atomic mass is 79.9. The minimum Gasteiger partial charge on any atom is -0.309 e. The Balaban J connectivity index is 2.33. The molecular weight excluding hydrogens is 340 g/mol. The molecule has 21 heavy (non-hydrogen) atoms. The number of hydrogen-bond donors (Lipinski definition) is 1. The van der Waals surface area contributed by atoms with Gasteiger partial charge in [-0.05, 0) is 47.4 Å². The predicted molar refractivity (Wildman–Crippen MR) is 82.1 cm³/mol. The first-order valence-electron chi connectivity index (χ1n) is 6.95. The molecule has 0 aliphatic rings. The quantitative estimate of drug-likeness (QED) is 0.851. The minimum atomic E-state index is -0.559. The molecule has 2 rings (SSSR count). The summed E-state index contributed by atoms with van der Waals surface area (Å²) in [5, 5.41) is 7.63. The molecule has 6 heteroatoms. The molecular formula is C15H18BrF2N3. The van der Waals surface area contributed by atoms with Gasteiger partial charge in [0.15, 0.2) is 0 Å². The first-order valence-corrected chi connectivity index (χ1v) is 7.74. The molecule has 1 heterocycles. The van der Waals surface area contributed by atoms with Crippen LogP contribution in [0.15, 0.2) is 28.9 Å². The van der Waals surface area contributed by atoms with Crippen LogP contribution < -0.4 is 5.32 Å². The van der Waals surface area contributed by atoms with Crippen LogP contribution in [0, 0.1) is 11.6 Å². The lowest BCUT2D eigenvalue weighted by Gasteiger charge is -2.20. The lowest BCUT2D eigenvalue weighted by molar-refractivity contribution is 0.477. The molecule has 0 spiro atoms. The van der Waals surface area contributed by atoms with Gasteiger partial charge in [-0.3, -0.25) is 4.68 Å². The van der Waals surface area contributed by atoms with E-state index in [1.54, 1.807) is 6.20 Å². The van der Waals surface area contributed by atoms with Crippen molar-refractivity contribution >= 4 is 15.9 Å². The summed E-state index contributed by atoms with van der Waals surface area (Å²) in [6.07, 6.45) is 2.18. The second-order valence-corrected chi connectivity index (χ2v) is 5.60. The molecule has 1 aromatic heterocycles. The van der Waals surface area contributed by atoms with Crippen molar-refractivity contribution in [1.29, 1.82) is 0 Å². The number of aryl methyl sites for hydroxylation is 1. The average molecular weight is 358 g/mol. The van der Waals surface area contributed by atoms with Gasteiger partial charge in [-0.25, -0.2) is 8.78 Å². The Morgan fingerprint density at radius 1 is 1.33 bits per heavy atom. The number of benzene rings is 1. The van der Waals surface area contributed by atoms with Gasteiger partial charge in [0, 0.05) is 12.6 Å². The van der Waals surface area contributed by atoms with E-state index in [9.17, 15) is 8.78 Å². The van der Waals surface area contributed by atoms with Crippen molar-refractivity contribution in [3.05, 3.63) is 51.8 Å². The van der Waals surface area contributed by atoms with Gasteiger partial charge in [0.25, 0.3) is 0 Å². The standard InChI is InChI=1S/C15H18BrF2N3/c1-3-19-14(15-12(16)9-20-21(15)4-2)7-10-5-6-11(17)8-13(10)18/h5-6,8-9,14,19H,3-4,7H2,1-2H3. The Kier molecular flexibility index (Phi) is 5.47. The van der Waals surface area contributed by atoms with Crippen LogP contribution in [0.3, 0.4) is 0 Å². The Hall–Kier alpha value is -1.27. The maximum Gasteiger partial charge on any atom is 0.129 e. The van der Waals surface area contributed by atoms with Crippen molar-refractivity contribution in [2.24, 2.45) is 0 Å². The van der Waals surface area contributed by atoms with Crippen LogP contribution in [-0.2, 0) is 13.0 Å². The van der Waals surface area contributed by atoms with Crippen molar-refractivity contribution in [2.45, 2.75) is 32.9 Å². The molecule has 0 radical (unpaired) electrons. The van der Waals surface area contributed by atoms with Crippen LogP contribution in [-0.4, -0.2) is 16.3 Å². The highest BCUT2D eigenvalue weighted by Crippen LogP contribution is 2.27. The van der Waals surface area contributed by atoms with Crippen LogP contribution in [0.4, 0.5) is 8.78 Å². The molecule has 2 aromatic rings. The normalized spacial score (nSPS) is 12.6. The number of likely N-dealkylation sites (N-methyl/N-ethyl adjacent to an activating group) is 1. The second kappa shape index (κ2) is 7.13. The Morgan fingerprint density at radius 2 is 2.10 bits per heavy atom. The number of nitrogens with one attached hydrogen (secondary N) is 1. The fraction of sp³-hybridized carbons (Fsp3) is 0.400. The molecule has 114 valence electrons. The molecule has 0 amide bonds. The lowest BCUT2D eigenvalue weighted by atomic mass is 10.0. The summed E-state index contributed by atoms with van der Waals surface area (Å²) < 4.78 is 29.6. The third-order valence-corrected chi connectivity index (χ3v) is 3.96. The van der Waals surface area contributed by atoms with E-state index in [2.05, 4.69) is 26.3 Å². The Morgan fingerprint density at radius 3 is 2.71 bits per heavy atom. The van der Waals surface area contributed by atoms with Gasteiger partial charge in [0.05, 0.1) is 22.4 Å². The highest BCUT2D eigenvalue weighted by Gasteiger charge is 2.20. The van der Waals surface area contributed by atoms with Crippen LogP contribution in [0.25, 0.3) is 0 Å². The molecule has 1 unspecified atom stereocenters. The summed E-state index contributed by atoms with van der Waals surface area (Å²) in [5.74, 6) is -1.08. The van der Waals surface area contributed by atoms with Crippen molar-refractivity contribution in [3.8, 4) is 0 Å². The fourth-order valence-corrected chi connectivity index (χ4v) is 2.96. The summed E-state index contributed by atoms with van der Waals surface area (Å²) in [6, 6.07) is 3.61. The first-order chi connectivity index (χ1) is 10.1. The summed E-state index contributed by atoms with van der Waals surface area (Å²) in [7, 11) is 0. The smallest absolute Gasteiger partial charge is 0.129 e. The molecule has 0 saturated carbocycles. The molecule has 1 aromatic carbocycles. The van der Waals surface area contributed by atoms with E-state index < -0.39 is 11.6 Å². The molecule has 0 fully saturated rings. The van der Waals surface area contributed by atoms with E-state index in [1.807, 2.05) is 18.5 Å².